The minimum atomic E-state index is 0.207. The molecule has 26 heavy (non-hydrogen) atoms. The molecule has 0 unspecified atom stereocenters. The van der Waals surface area contributed by atoms with Gasteiger partial charge >= 0.3 is 0 Å². The number of amides is 1. The number of hydrogen-bond donors (Lipinski definition) is 0. The van der Waals surface area contributed by atoms with Gasteiger partial charge in [0.25, 0.3) is 0 Å². The summed E-state index contributed by atoms with van der Waals surface area (Å²) in [6, 6.07) is 4.87. The molecule has 0 aliphatic carbocycles. The van der Waals surface area contributed by atoms with Crippen molar-refractivity contribution in [1.82, 2.24) is 19.7 Å². The van der Waals surface area contributed by atoms with Crippen molar-refractivity contribution in [1.29, 1.82) is 0 Å². The van der Waals surface area contributed by atoms with Crippen molar-refractivity contribution in [2.45, 2.75) is 52.1 Å². The van der Waals surface area contributed by atoms with Gasteiger partial charge in [0.05, 0.1) is 5.92 Å². The fourth-order valence-electron chi connectivity index (χ4n) is 4.52. The summed E-state index contributed by atoms with van der Waals surface area (Å²) in [5.41, 5.74) is 1.35. The summed E-state index contributed by atoms with van der Waals surface area (Å²) in [6.45, 7) is 11.3. The van der Waals surface area contributed by atoms with Gasteiger partial charge in [-0.2, -0.15) is 0 Å². The van der Waals surface area contributed by atoms with Crippen molar-refractivity contribution in [3.63, 3.8) is 0 Å². The Bertz CT molecular complexity index is 552. The molecule has 5 nitrogen and oxygen atoms in total. The zero-order chi connectivity index (χ0) is 18.4. The van der Waals surface area contributed by atoms with Crippen LogP contribution in [-0.4, -0.2) is 70.9 Å². The van der Waals surface area contributed by atoms with E-state index in [1.54, 1.807) is 0 Å². The summed E-state index contributed by atoms with van der Waals surface area (Å²) >= 11 is 0. The average Bonchev–Trinajstić information content (AvgIpc) is 2.70. The third kappa shape index (κ3) is 4.83. The number of nitrogens with zero attached hydrogens (tertiary/aromatic N) is 4. The Morgan fingerprint density at radius 2 is 1.81 bits per heavy atom. The molecular formula is C21H34N4O. The predicted molar refractivity (Wildman–Crippen MR) is 105 cm³/mol. The van der Waals surface area contributed by atoms with Crippen molar-refractivity contribution < 1.29 is 4.79 Å². The molecule has 1 aromatic heterocycles. The molecule has 3 rings (SSSR count). The minimum absolute atomic E-state index is 0.207. The molecule has 0 bridgehead atoms. The molecule has 2 saturated heterocycles. The van der Waals surface area contributed by atoms with Crippen molar-refractivity contribution in [3.05, 3.63) is 30.1 Å². The highest BCUT2D eigenvalue weighted by molar-refractivity contribution is 5.79. The molecule has 1 amide bonds. The third-order valence-corrected chi connectivity index (χ3v) is 6.11. The lowest BCUT2D eigenvalue weighted by Gasteiger charge is -2.42. The van der Waals surface area contributed by atoms with Crippen molar-refractivity contribution in [2.75, 3.05) is 39.3 Å². The number of pyridine rings is 1. The number of carbonyl (C=O) groups excluding carboxylic acids is 1. The lowest BCUT2D eigenvalue weighted by molar-refractivity contribution is -0.137. The fraction of sp³-hybridized carbons (Fsp3) is 0.714. The molecule has 3 heterocycles. The summed E-state index contributed by atoms with van der Waals surface area (Å²) < 4.78 is 0. The van der Waals surface area contributed by atoms with Gasteiger partial charge in [-0.25, -0.2) is 0 Å². The Morgan fingerprint density at radius 3 is 2.46 bits per heavy atom. The van der Waals surface area contributed by atoms with Gasteiger partial charge in [0.1, 0.15) is 0 Å². The maximum Gasteiger partial charge on any atom is 0.226 e. The largest absolute Gasteiger partial charge is 0.343 e. The SMILES string of the molecule is CCN(CC)C(=O)[C@H]1CCCN(C2CCN(Cc3ccncc3)CC2)C1. The molecule has 0 aromatic carbocycles. The fourth-order valence-corrected chi connectivity index (χ4v) is 4.52. The van der Waals surface area contributed by atoms with Crippen LogP contribution in [-0.2, 0) is 11.3 Å². The van der Waals surface area contributed by atoms with Crippen LogP contribution < -0.4 is 0 Å². The molecule has 144 valence electrons. The molecule has 1 aromatic rings. The van der Waals surface area contributed by atoms with Gasteiger partial charge in [-0.15, -0.1) is 0 Å². The van der Waals surface area contributed by atoms with Crippen LogP contribution in [0.3, 0.4) is 0 Å². The van der Waals surface area contributed by atoms with Gasteiger partial charge < -0.3 is 4.90 Å². The topological polar surface area (TPSA) is 39.7 Å². The Hall–Kier alpha value is -1.46. The summed E-state index contributed by atoms with van der Waals surface area (Å²) in [4.78, 5) is 24.0. The monoisotopic (exact) mass is 358 g/mol. The van der Waals surface area contributed by atoms with E-state index in [1.807, 2.05) is 17.3 Å². The van der Waals surface area contributed by atoms with E-state index in [2.05, 4.69) is 40.8 Å². The highest BCUT2D eigenvalue weighted by atomic mass is 16.2. The standard InChI is InChI=1S/C21H34N4O/c1-3-24(4-2)21(26)19-6-5-13-25(17-19)20-9-14-23(15-10-20)16-18-7-11-22-12-8-18/h7-8,11-12,19-20H,3-6,9-10,13-17H2,1-2H3/t19-/m0/s1. The van der Waals surface area contributed by atoms with Crippen LogP contribution in [0.4, 0.5) is 0 Å². The first kappa shape index (κ1) is 19.3. The van der Waals surface area contributed by atoms with E-state index in [1.165, 1.54) is 18.4 Å². The lowest BCUT2D eigenvalue weighted by Crippen LogP contribution is -2.51. The normalized spacial score (nSPS) is 23.1. The molecule has 1 atom stereocenters. The molecule has 2 fully saturated rings. The Morgan fingerprint density at radius 1 is 1.12 bits per heavy atom. The van der Waals surface area contributed by atoms with Crippen molar-refractivity contribution >= 4 is 5.91 Å². The van der Waals surface area contributed by atoms with E-state index in [9.17, 15) is 4.79 Å². The first-order valence-corrected chi connectivity index (χ1v) is 10.3. The van der Waals surface area contributed by atoms with E-state index < -0.39 is 0 Å². The molecule has 0 spiro atoms. The van der Waals surface area contributed by atoms with Crippen LogP contribution in [0.15, 0.2) is 24.5 Å². The molecule has 5 heteroatoms. The molecule has 0 radical (unpaired) electrons. The zero-order valence-electron chi connectivity index (χ0n) is 16.4. The van der Waals surface area contributed by atoms with Crippen molar-refractivity contribution in [3.8, 4) is 0 Å². The zero-order valence-corrected chi connectivity index (χ0v) is 16.4. The minimum Gasteiger partial charge on any atom is -0.343 e. The second kappa shape index (κ2) is 9.47. The van der Waals surface area contributed by atoms with E-state index in [4.69, 9.17) is 0 Å². The molecular weight excluding hydrogens is 324 g/mol. The summed E-state index contributed by atoms with van der Waals surface area (Å²) in [6.07, 6.45) is 8.42. The van der Waals surface area contributed by atoms with Crippen LogP contribution in [0.1, 0.15) is 45.1 Å². The van der Waals surface area contributed by atoms with Gasteiger partial charge in [0.15, 0.2) is 0 Å². The second-order valence-corrected chi connectivity index (χ2v) is 7.71. The number of piperidine rings is 2. The van der Waals surface area contributed by atoms with E-state index in [0.717, 1.165) is 58.7 Å². The van der Waals surface area contributed by atoms with Crippen LogP contribution in [0.5, 0.6) is 0 Å². The molecule has 2 aliphatic heterocycles. The van der Waals surface area contributed by atoms with Crippen LogP contribution in [0.2, 0.25) is 0 Å². The number of hydrogen-bond acceptors (Lipinski definition) is 4. The van der Waals surface area contributed by atoms with E-state index in [0.29, 0.717) is 11.9 Å². The first-order chi connectivity index (χ1) is 12.7. The summed E-state index contributed by atoms with van der Waals surface area (Å²) in [5, 5.41) is 0. The molecule has 0 saturated carbocycles. The molecule has 0 N–H and O–H groups in total. The average molecular weight is 359 g/mol. The first-order valence-electron chi connectivity index (χ1n) is 10.3. The van der Waals surface area contributed by atoms with Crippen LogP contribution in [0.25, 0.3) is 0 Å². The number of aromatic nitrogens is 1. The highest BCUT2D eigenvalue weighted by Gasteiger charge is 2.32. The molecule has 2 aliphatic rings. The maximum absolute atomic E-state index is 12.7. The number of likely N-dealkylation sites (tertiary alicyclic amines) is 2. The predicted octanol–water partition coefficient (Wildman–Crippen LogP) is 2.63. The Balaban J connectivity index is 1.48. The van der Waals surface area contributed by atoms with Gasteiger partial charge in [0.2, 0.25) is 5.91 Å². The summed E-state index contributed by atoms with van der Waals surface area (Å²) in [5.74, 6) is 0.577. The van der Waals surface area contributed by atoms with Crippen LogP contribution >= 0.6 is 0 Å². The number of carbonyl (C=O) groups is 1. The lowest BCUT2D eigenvalue weighted by atomic mass is 9.92. The maximum atomic E-state index is 12.7. The van der Waals surface area contributed by atoms with Gasteiger partial charge in [0, 0.05) is 44.6 Å². The van der Waals surface area contributed by atoms with E-state index >= 15 is 0 Å². The Kier molecular flexibility index (Phi) is 7.03. The Labute approximate surface area is 158 Å². The van der Waals surface area contributed by atoms with Gasteiger partial charge in [-0.05, 0) is 76.9 Å². The second-order valence-electron chi connectivity index (χ2n) is 7.71. The van der Waals surface area contributed by atoms with Crippen LogP contribution in [0, 0.1) is 5.92 Å². The third-order valence-electron chi connectivity index (χ3n) is 6.11. The highest BCUT2D eigenvalue weighted by Crippen LogP contribution is 2.25. The van der Waals surface area contributed by atoms with Gasteiger partial charge in [-0.1, -0.05) is 0 Å². The van der Waals surface area contributed by atoms with Crippen molar-refractivity contribution in [2.24, 2.45) is 5.92 Å². The smallest absolute Gasteiger partial charge is 0.226 e. The number of rotatable bonds is 6. The van der Waals surface area contributed by atoms with E-state index in [-0.39, 0.29) is 5.92 Å². The summed E-state index contributed by atoms with van der Waals surface area (Å²) in [7, 11) is 0. The quantitative estimate of drug-likeness (QED) is 0.784. The van der Waals surface area contributed by atoms with Gasteiger partial charge in [-0.3, -0.25) is 19.6 Å².